The zero-order chi connectivity index (χ0) is 15.6. The maximum Gasteiger partial charge on any atom is 0.314 e. The van der Waals surface area contributed by atoms with Crippen LogP contribution in [-0.4, -0.2) is 38.7 Å². The number of carbonyl (C=O) groups excluding carboxylic acids is 2. The number of ether oxygens (including phenoxy) is 1. The van der Waals surface area contributed by atoms with Crippen LogP contribution >= 0.6 is 0 Å². The summed E-state index contributed by atoms with van der Waals surface area (Å²) in [4.78, 5) is 21.2. The van der Waals surface area contributed by atoms with Crippen molar-refractivity contribution in [3.05, 3.63) is 0 Å². The van der Waals surface area contributed by atoms with Gasteiger partial charge in [0.15, 0.2) is 0 Å². The largest absolute Gasteiger partial charge is 0.372 e. The van der Waals surface area contributed by atoms with E-state index < -0.39 is 5.91 Å². The molecule has 0 atom stereocenters. The zero-order valence-electron chi connectivity index (χ0n) is 13.2. The predicted octanol–water partition coefficient (Wildman–Crippen LogP) is 1.78. The molecule has 0 rings (SSSR count). The van der Waals surface area contributed by atoms with E-state index in [0.29, 0.717) is 6.61 Å². The Hall–Kier alpha value is -1.30. The SMILES string of the molecule is CC.CNC(=O)NCCCCCCCCOCC(N)=O. The first kappa shape index (κ1) is 21.0. The molecule has 6 heteroatoms. The molecule has 0 heterocycles. The standard InChI is InChI=1S/C12H25N3O3.C2H6/c1-14-12(17)15-8-6-4-2-3-5-7-9-18-10-11(13)16;1-2/h2-10H2,1H3,(H2,13,16)(H2,14,15,17);1-2H3. The van der Waals surface area contributed by atoms with Crippen LogP contribution in [0.5, 0.6) is 0 Å². The van der Waals surface area contributed by atoms with Crippen molar-refractivity contribution in [1.82, 2.24) is 10.6 Å². The lowest BCUT2D eigenvalue weighted by Gasteiger charge is -2.04. The number of rotatable bonds is 11. The summed E-state index contributed by atoms with van der Waals surface area (Å²) >= 11 is 0. The lowest BCUT2D eigenvalue weighted by atomic mass is 10.1. The number of unbranched alkanes of at least 4 members (excludes halogenated alkanes) is 5. The van der Waals surface area contributed by atoms with Gasteiger partial charge in [-0.2, -0.15) is 0 Å². The Morgan fingerprint density at radius 1 is 1.00 bits per heavy atom. The summed E-state index contributed by atoms with van der Waals surface area (Å²) in [5, 5.41) is 5.25. The van der Waals surface area contributed by atoms with Crippen molar-refractivity contribution >= 4 is 11.9 Å². The number of nitrogens with two attached hydrogens (primary N) is 1. The average Bonchev–Trinajstić information content (AvgIpc) is 2.46. The van der Waals surface area contributed by atoms with Gasteiger partial charge in [0.2, 0.25) is 5.91 Å². The molecular weight excluding hydrogens is 258 g/mol. The maximum absolute atomic E-state index is 10.8. The van der Waals surface area contributed by atoms with E-state index in [0.717, 1.165) is 45.1 Å². The Morgan fingerprint density at radius 3 is 2.10 bits per heavy atom. The molecule has 6 nitrogen and oxygen atoms in total. The zero-order valence-corrected chi connectivity index (χ0v) is 13.2. The van der Waals surface area contributed by atoms with Crippen LogP contribution < -0.4 is 16.4 Å². The van der Waals surface area contributed by atoms with E-state index in [9.17, 15) is 9.59 Å². The minimum Gasteiger partial charge on any atom is -0.372 e. The van der Waals surface area contributed by atoms with Crippen LogP contribution in [0.3, 0.4) is 0 Å². The van der Waals surface area contributed by atoms with E-state index in [1.807, 2.05) is 13.8 Å². The molecular formula is C14H31N3O3. The van der Waals surface area contributed by atoms with Gasteiger partial charge < -0.3 is 21.1 Å². The van der Waals surface area contributed by atoms with Gasteiger partial charge in [-0.05, 0) is 12.8 Å². The summed E-state index contributed by atoms with van der Waals surface area (Å²) < 4.78 is 5.05. The van der Waals surface area contributed by atoms with E-state index in [4.69, 9.17) is 10.5 Å². The lowest BCUT2D eigenvalue weighted by Crippen LogP contribution is -2.33. The molecule has 0 aromatic carbocycles. The van der Waals surface area contributed by atoms with E-state index in [-0.39, 0.29) is 12.6 Å². The van der Waals surface area contributed by atoms with Gasteiger partial charge in [-0.3, -0.25) is 4.79 Å². The van der Waals surface area contributed by atoms with E-state index >= 15 is 0 Å². The second-order valence-corrected chi connectivity index (χ2v) is 4.15. The first-order chi connectivity index (χ1) is 9.66. The second-order valence-electron chi connectivity index (χ2n) is 4.15. The van der Waals surface area contributed by atoms with Gasteiger partial charge in [-0.1, -0.05) is 39.5 Å². The Balaban J connectivity index is 0. The van der Waals surface area contributed by atoms with Crippen LogP contribution in [-0.2, 0) is 9.53 Å². The Kier molecular flexibility index (Phi) is 18.6. The first-order valence-electron chi connectivity index (χ1n) is 7.48. The molecule has 0 fully saturated rings. The van der Waals surface area contributed by atoms with Crippen molar-refractivity contribution in [3.8, 4) is 0 Å². The predicted molar refractivity (Wildman–Crippen MR) is 81.5 cm³/mol. The Labute approximate surface area is 122 Å². The highest BCUT2D eigenvalue weighted by Gasteiger charge is 1.96. The monoisotopic (exact) mass is 289 g/mol. The summed E-state index contributed by atoms with van der Waals surface area (Å²) in [6, 6.07) is -0.124. The quantitative estimate of drug-likeness (QED) is 0.506. The number of hydrogen-bond donors (Lipinski definition) is 3. The smallest absolute Gasteiger partial charge is 0.314 e. The fraction of sp³-hybridized carbons (Fsp3) is 0.857. The van der Waals surface area contributed by atoms with Crippen molar-refractivity contribution in [2.75, 3.05) is 26.8 Å². The van der Waals surface area contributed by atoms with Crippen LogP contribution in [0.25, 0.3) is 0 Å². The fourth-order valence-electron chi connectivity index (χ4n) is 1.50. The van der Waals surface area contributed by atoms with Gasteiger partial charge in [0.05, 0.1) is 0 Å². The van der Waals surface area contributed by atoms with Gasteiger partial charge >= 0.3 is 6.03 Å². The highest BCUT2D eigenvalue weighted by molar-refractivity contribution is 5.75. The molecule has 0 unspecified atom stereocenters. The third-order valence-corrected chi connectivity index (χ3v) is 2.47. The van der Waals surface area contributed by atoms with Gasteiger partial charge in [0, 0.05) is 20.2 Å². The van der Waals surface area contributed by atoms with Crippen molar-refractivity contribution in [1.29, 1.82) is 0 Å². The fourth-order valence-corrected chi connectivity index (χ4v) is 1.50. The number of carbonyl (C=O) groups is 2. The average molecular weight is 289 g/mol. The van der Waals surface area contributed by atoms with E-state index in [2.05, 4.69) is 10.6 Å². The molecule has 0 aromatic heterocycles. The molecule has 0 aliphatic carbocycles. The number of hydrogen-bond acceptors (Lipinski definition) is 3. The summed E-state index contributed by atoms with van der Waals surface area (Å²) in [6.07, 6.45) is 6.49. The third-order valence-electron chi connectivity index (χ3n) is 2.47. The van der Waals surface area contributed by atoms with E-state index in [1.165, 1.54) is 0 Å². The summed E-state index contributed by atoms with van der Waals surface area (Å²) in [5.41, 5.74) is 4.93. The van der Waals surface area contributed by atoms with Gasteiger partial charge in [-0.15, -0.1) is 0 Å². The van der Waals surface area contributed by atoms with Crippen LogP contribution in [0.15, 0.2) is 0 Å². The van der Waals surface area contributed by atoms with Gasteiger partial charge in [-0.25, -0.2) is 4.79 Å². The van der Waals surface area contributed by atoms with Crippen molar-refractivity contribution < 1.29 is 14.3 Å². The topological polar surface area (TPSA) is 93.4 Å². The molecule has 0 saturated heterocycles. The highest BCUT2D eigenvalue weighted by Crippen LogP contribution is 2.04. The summed E-state index contributed by atoms with van der Waals surface area (Å²) in [7, 11) is 1.61. The molecule has 20 heavy (non-hydrogen) atoms. The molecule has 0 spiro atoms. The second kappa shape index (κ2) is 17.7. The summed E-state index contributed by atoms with van der Waals surface area (Å²) in [5.74, 6) is -0.418. The van der Waals surface area contributed by atoms with Gasteiger partial charge in [0.1, 0.15) is 6.61 Å². The normalized spacial score (nSPS) is 9.35. The van der Waals surface area contributed by atoms with Crippen LogP contribution in [0.1, 0.15) is 52.4 Å². The molecule has 3 amide bonds. The van der Waals surface area contributed by atoms with Crippen molar-refractivity contribution in [3.63, 3.8) is 0 Å². The molecule has 0 saturated carbocycles. The molecule has 4 N–H and O–H groups in total. The highest BCUT2D eigenvalue weighted by atomic mass is 16.5. The van der Waals surface area contributed by atoms with Crippen molar-refractivity contribution in [2.24, 2.45) is 5.73 Å². The third kappa shape index (κ3) is 19.0. The number of nitrogens with one attached hydrogen (secondary N) is 2. The minimum atomic E-state index is -0.418. The number of urea groups is 1. The number of primary amides is 1. The van der Waals surface area contributed by atoms with Crippen LogP contribution in [0, 0.1) is 0 Å². The molecule has 0 bridgehead atoms. The minimum absolute atomic E-state index is 0.0190. The van der Waals surface area contributed by atoms with Crippen LogP contribution in [0.4, 0.5) is 4.79 Å². The first-order valence-corrected chi connectivity index (χ1v) is 7.48. The van der Waals surface area contributed by atoms with Gasteiger partial charge in [0.25, 0.3) is 0 Å². The Morgan fingerprint density at radius 2 is 1.55 bits per heavy atom. The number of amides is 3. The molecule has 0 aliphatic rings. The Bertz CT molecular complexity index is 236. The van der Waals surface area contributed by atoms with Crippen LogP contribution in [0.2, 0.25) is 0 Å². The molecule has 0 radical (unpaired) electrons. The molecule has 120 valence electrons. The lowest BCUT2D eigenvalue weighted by molar-refractivity contribution is -0.122. The molecule has 0 aliphatic heterocycles. The summed E-state index contributed by atoms with van der Waals surface area (Å²) in [6.45, 7) is 5.34. The van der Waals surface area contributed by atoms with Crippen molar-refractivity contribution in [2.45, 2.75) is 52.4 Å². The molecule has 0 aromatic rings. The van der Waals surface area contributed by atoms with E-state index in [1.54, 1.807) is 7.05 Å². The maximum atomic E-state index is 10.8.